The van der Waals surface area contributed by atoms with Gasteiger partial charge in [-0.3, -0.25) is 4.79 Å². The maximum Gasteiger partial charge on any atom is 0.256 e. The fraction of sp³-hybridized carbons (Fsp3) is 0.235. The average Bonchev–Trinajstić information content (AvgIpc) is 2.46. The summed E-state index contributed by atoms with van der Waals surface area (Å²) >= 11 is 8.34. The summed E-state index contributed by atoms with van der Waals surface area (Å²) in [6, 6.07) is 12.7. The number of carbonyl (C=O) groups excluding carboxylic acids is 1. The van der Waals surface area contributed by atoms with E-state index in [0.717, 1.165) is 3.57 Å². The number of nitrogens with one attached hydrogen (secondary N) is 1. The summed E-state index contributed by atoms with van der Waals surface area (Å²) in [6.45, 7) is 4.75. The lowest BCUT2D eigenvalue weighted by molar-refractivity contribution is 0.102. The number of rotatable bonds is 5. The minimum absolute atomic E-state index is 0.156. The van der Waals surface area contributed by atoms with Crippen molar-refractivity contribution in [2.24, 2.45) is 5.92 Å². The van der Waals surface area contributed by atoms with Crippen molar-refractivity contribution in [1.29, 1.82) is 0 Å². The van der Waals surface area contributed by atoms with Crippen LogP contribution in [0.4, 0.5) is 5.69 Å². The predicted octanol–water partition coefficient (Wildman–Crippen LogP) is 5.23. The van der Waals surface area contributed by atoms with E-state index in [1.165, 1.54) is 0 Å². The largest absolute Gasteiger partial charge is 0.492 e. The molecule has 0 atom stereocenters. The Hall–Kier alpha value is -1.27. The van der Waals surface area contributed by atoms with Gasteiger partial charge in [-0.1, -0.05) is 37.6 Å². The van der Waals surface area contributed by atoms with Gasteiger partial charge in [0.2, 0.25) is 0 Å². The van der Waals surface area contributed by atoms with Crippen LogP contribution in [0.2, 0.25) is 5.02 Å². The summed E-state index contributed by atoms with van der Waals surface area (Å²) < 4.78 is 6.52. The first-order chi connectivity index (χ1) is 10.5. The monoisotopic (exact) mass is 429 g/mol. The molecule has 0 aliphatic rings. The first-order valence-corrected chi connectivity index (χ1v) is 8.41. The Morgan fingerprint density at radius 2 is 2.00 bits per heavy atom. The van der Waals surface area contributed by atoms with E-state index in [0.29, 0.717) is 34.5 Å². The lowest BCUT2D eigenvalue weighted by Gasteiger charge is -2.12. The van der Waals surface area contributed by atoms with Crippen molar-refractivity contribution >= 4 is 45.8 Å². The van der Waals surface area contributed by atoms with Gasteiger partial charge in [0.05, 0.1) is 17.2 Å². The molecule has 0 aromatic heterocycles. The molecule has 0 saturated carbocycles. The summed E-state index contributed by atoms with van der Waals surface area (Å²) in [6.07, 6.45) is 0. The van der Waals surface area contributed by atoms with Gasteiger partial charge in [0.15, 0.2) is 0 Å². The van der Waals surface area contributed by atoms with E-state index in [9.17, 15) is 4.79 Å². The van der Waals surface area contributed by atoms with Crippen molar-refractivity contribution in [1.82, 2.24) is 0 Å². The molecule has 1 N–H and O–H groups in total. The van der Waals surface area contributed by atoms with Crippen LogP contribution in [0.1, 0.15) is 24.2 Å². The van der Waals surface area contributed by atoms with Crippen LogP contribution in [0.5, 0.6) is 5.75 Å². The fourth-order valence-corrected chi connectivity index (χ4v) is 2.66. The molecule has 0 bridgehead atoms. The van der Waals surface area contributed by atoms with Crippen molar-refractivity contribution in [3.63, 3.8) is 0 Å². The summed E-state index contributed by atoms with van der Waals surface area (Å²) in [7, 11) is 0. The molecule has 0 unspecified atom stereocenters. The molecule has 0 aliphatic heterocycles. The standard InChI is InChI=1S/C17H17ClINO2/c1-11(2)10-22-16-8-7-12(9-14(16)18)20-17(21)13-5-3-4-6-15(13)19/h3-9,11H,10H2,1-2H3,(H,20,21). The number of benzene rings is 2. The zero-order valence-electron chi connectivity index (χ0n) is 12.4. The zero-order valence-corrected chi connectivity index (χ0v) is 15.3. The highest BCUT2D eigenvalue weighted by molar-refractivity contribution is 14.1. The van der Waals surface area contributed by atoms with Crippen LogP contribution >= 0.6 is 34.2 Å². The van der Waals surface area contributed by atoms with Crippen LogP contribution in [0.25, 0.3) is 0 Å². The molecule has 2 rings (SSSR count). The van der Waals surface area contributed by atoms with Gasteiger partial charge in [-0.2, -0.15) is 0 Å². The van der Waals surface area contributed by atoms with Gasteiger partial charge in [0.1, 0.15) is 5.75 Å². The topological polar surface area (TPSA) is 38.3 Å². The van der Waals surface area contributed by atoms with Crippen molar-refractivity contribution in [3.05, 3.63) is 56.6 Å². The number of halogens is 2. The van der Waals surface area contributed by atoms with Crippen LogP contribution in [-0.4, -0.2) is 12.5 Å². The fourth-order valence-electron chi connectivity index (χ4n) is 1.80. The lowest BCUT2D eigenvalue weighted by Crippen LogP contribution is -2.13. The Morgan fingerprint density at radius 1 is 1.27 bits per heavy atom. The molecule has 0 saturated heterocycles. The normalized spacial score (nSPS) is 10.6. The molecule has 2 aromatic rings. The highest BCUT2D eigenvalue weighted by atomic mass is 127. The third-order valence-corrected chi connectivity index (χ3v) is 4.12. The Labute approximate surface area is 149 Å². The quantitative estimate of drug-likeness (QED) is 0.661. The molecule has 0 radical (unpaired) electrons. The Kier molecular flexibility index (Phi) is 6.08. The SMILES string of the molecule is CC(C)COc1ccc(NC(=O)c2ccccc2I)cc1Cl. The molecular formula is C17H17ClINO2. The second-order valence-electron chi connectivity index (χ2n) is 5.28. The molecule has 5 heteroatoms. The summed E-state index contributed by atoms with van der Waals surface area (Å²) in [5.41, 5.74) is 1.28. The number of carbonyl (C=O) groups is 1. The summed E-state index contributed by atoms with van der Waals surface area (Å²) in [5.74, 6) is 0.898. The maximum atomic E-state index is 12.3. The van der Waals surface area contributed by atoms with Crippen molar-refractivity contribution < 1.29 is 9.53 Å². The summed E-state index contributed by atoms with van der Waals surface area (Å²) in [4.78, 5) is 12.3. The molecule has 0 heterocycles. The molecule has 0 spiro atoms. The Balaban J connectivity index is 2.09. The van der Waals surface area contributed by atoms with Gasteiger partial charge in [0.25, 0.3) is 5.91 Å². The molecular weight excluding hydrogens is 413 g/mol. The molecule has 116 valence electrons. The van der Waals surface area contributed by atoms with Gasteiger partial charge in [-0.25, -0.2) is 0 Å². The Morgan fingerprint density at radius 3 is 2.64 bits per heavy atom. The van der Waals surface area contributed by atoms with Gasteiger partial charge >= 0.3 is 0 Å². The van der Waals surface area contributed by atoms with Crippen LogP contribution in [0, 0.1) is 9.49 Å². The van der Waals surface area contributed by atoms with Crippen LogP contribution in [0.3, 0.4) is 0 Å². The maximum absolute atomic E-state index is 12.3. The second kappa shape index (κ2) is 7.83. The minimum Gasteiger partial charge on any atom is -0.492 e. The Bertz CT molecular complexity index is 673. The van der Waals surface area contributed by atoms with Crippen LogP contribution in [0.15, 0.2) is 42.5 Å². The van der Waals surface area contributed by atoms with E-state index in [2.05, 4.69) is 41.8 Å². The van der Waals surface area contributed by atoms with E-state index in [1.54, 1.807) is 24.3 Å². The number of ether oxygens (including phenoxy) is 1. The number of anilines is 1. The molecule has 22 heavy (non-hydrogen) atoms. The zero-order chi connectivity index (χ0) is 16.1. The van der Waals surface area contributed by atoms with E-state index < -0.39 is 0 Å². The highest BCUT2D eigenvalue weighted by Gasteiger charge is 2.11. The average molecular weight is 430 g/mol. The number of hydrogen-bond donors (Lipinski definition) is 1. The van der Waals surface area contributed by atoms with Crippen LogP contribution in [-0.2, 0) is 0 Å². The van der Waals surface area contributed by atoms with Gasteiger partial charge in [-0.15, -0.1) is 0 Å². The van der Waals surface area contributed by atoms with E-state index in [-0.39, 0.29) is 5.91 Å². The van der Waals surface area contributed by atoms with Crippen molar-refractivity contribution in [2.75, 3.05) is 11.9 Å². The third kappa shape index (κ3) is 4.61. The van der Waals surface area contributed by atoms with Crippen molar-refractivity contribution in [2.45, 2.75) is 13.8 Å². The summed E-state index contributed by atoms with van der Waals surface area (Å²) in [5, 5.41) is 3.34. The smallest absolute Gasteiger partial charge is 0.256 e. The van der Waals surface area contributed by atoms with Gasteiger partial charge < -0.3 is 10.1 Å². The third-order valence-electron chi connectivity index (χ3n) is 2.88. The molecule has 3 nitrogen and oxygen atoms in total. The van der Waals surface area contributed by atoms with Crippen molar-refractivity contribution in [3.8, 4) is 5.75 Å². The minimum atomic E-state index is -0.156. The molecule has 2 aromatic carbocycles. The van der Waals surface area contributed by atoms with E-state index in [4.69, 9.17) is 16.3 Å². The number of hydrogen-bond acceptors (Lipinski definition) is 2. The van der Waals surface area contributed by atoms with Gasteiger partial charge in [-0.05, 0) is 58.8 Å². The van der Waals surface area contributed by atoms with E-state index >= 15 is 0 Å². The van der Waals surface area contributed by atoms with E-state index in [1.807, 2.05) is 18.2 Å². The predicted molar refractivity (Wildman–Crippen MR) is 98.9 cm³/mol. The molecule has 0 aliphatic carbocycles. The highest BCUT2D eigenvalue weighted by Crippen LogP contribution is 2.28. The lowest BCUT2D eigenvalue weighted by atomic mass is 10.2. The van der Waals surface area contributed by atoms with Crippen LogP contribution < -0.4 is 10.1 Å². The first kappa shape index (κ1) is 17.1. The number of amides is 1. The first-order valence-electron chi connectivity index (χ1n) is 6.95. The van der Waals surface area contributed by atoms with Gasteiger partial charge in [0, 0.05) is 9.26 Å². The second-order valence-corrected chi connectivity index (χ2v) is 6.85. The molecule has 0 fully saturated rings. The molecule has 1 amide bonds.